The van der Waals surface area contributed by atoms with E-state index in [0.717, 1.165) is 44.3 Å². The Kier molecular flexibility index (Phi) is 7.70. The maximum Gasteiger partial charge on any atom is 0.243 e. The number of piperidine rings is 1. The maximum atomic E-state index is 13.3. The SMILES string of the molecule is CN(CC1CCN(CCCC(=O)c2ccc(F)cc2)CC1)S(=O)(=O)c1cccc2cnccc12. The molecule has 0 radical (unpaired) electrons. The van der Waals surface area contributed by atoms with Gasteiger partial charge in [0.1, 0.15) is 5.82 Å². The number of Topliss-reactive ketones (excluding diaryl/α,β-unsaturated/α-hetero) is 1. The molecule has 3 aromatic rings. The first kappa shape index (κ1) is 24.4. The highest BCUT2D eigenvalue weighted by atomic mass is 32.2. The van der Waals surface area contributed by atoms with E-state index in [1.807, 2.05) is 6.07 Å². The Labute approximate surface area is 200 Å². The van der Waals surface area contributed by atoms with Crippen molar-refractivity contribution in [2.45, 2.75) is 30.6 Å². The maximum absolute atomic E-state index is 13.3. The average Bonchev–Trinajstić information content (AvgIpc) is 2.85. The van der Waals surface area contributed by atoms with E-state index in [4.69, 9.17) is 0 Å². The second-order valence-electron chi connectivity index (χ2n) is 8.96. The lowest BCUT2D eigenvalue weighted by Crippen LogP contribution is -2.39. The van der Waals surface area contributed by atoms with Gasteiger partial charge in [-0.1, -0.05) is 12.1 Å². The molecule has 0 N–H and O–H groups in total. The van der Waals surface area contributed by atoms with E-state index in [1.54, 1.807) is 37.6 Å². The van der Waals surface area contributed by atoms with E-state index in [-0.39, 0.29) is 11.6 Å². The topological polar surface area (TPSA) is 70.6 Å². The minimum Gasteiger partial charge on any atom is -0.303 e. The second-order valence-corrected chi connectivity index (χ2v) is 11.0. The number of benzene rings is 2. The molecule has 1 saturated heterocycles. The van der Waals surface area contributed by atoms with Crippen molar-refractivity contribution in [3.05, 3.63) is 72.3 Å². The lowest BCUT2D eigenvalue weighted by molar-refractivity contribution is 0.0969. The summed E-state index contributed by atoms with van der Waals surface area (Å²) < 4.78 is 41.0. The van der Waals surface area contributed by atoms with Crippen LogP contribution in [0.5, 0.6) is 0 Å². The van der Waals surface area contributed by atoms with Gasteiger partial charge in [0, 0.05) is 48.7 Å². The van der Waals surface area contributed by atoms with Crippen molar-refractivity contribution in [3.8, 4) is 0 Å². The number of hydrogen-bond donors (Lipinski definition) is 0. The minimum absolute atomic E-state index is 0.0333. The number of sulfonamides is 1. The van der Waals surface area contributed by atoms with E-state index >= 15 is 0 Å². The molecule has 6 nitrogen and oxygen atoms in total. The summed E-state index contributed by atoms with van der Waals surface area (Å²) in [6, 6.07) is 12.7. The first-order valence-electron chi connectivity index (χ1n) is 11.6. The van der Waals surface area contributed by atoms with Crippen LogP contribution in [0.2, 0.25) is 0 Å². The van der Waals surface area contributed by atoms with Crippen molar-refractivity contribution < 1.29 is 17.6 Å². The molecule has 0 unspecified atom stereocenters. The van der Waals surface area contributed by atoms with Gasteiger partial charge >= 0.3 is 0 Å². The lowest BCUT2D eigenvalue weighted by Gasteiger charge is -2.33. The van der Waals surface area contributed by atoms with Crippen LogP contribution in [-0.4, -0.2) is 61.6 Å². The molecule has 0 bridgehead atoms. The van der Waals surface area contributed by atoms with Crippen LogP contribution >= 0.6 is 0 Å². The Morgan fingerprint density at radius 2 is 1.85 bits per heavy atom. The van der Waals surface area contributed by atoms with Gasteiger partial charge in [-0.3, -0.25) is 9.78 Å². The van der Waals surface area contributed by atoms with Crippen molar-refractivity contribution in [3.63, 3.8) is 0 Å². The summed E-state index contributed by atoms with van der Waals surface area (Å²) in [4.78, 5) is 19.0. The Balaban J connectivity index is 1.26. The van der Waals surface area contributed by atoms with Crippen LogP contribution in [0.15, 0.2) is 65.8 Å². The first-order chi connectivity index (χ1) is 16.3. The molecular weight excluding hydrogens is 453 g/mol. The van der Waals surface area contributed by atoms with Gasteiger partial charge in [-0.2, -0.15) is 0 Å². The summed E-state index contributed by atoms with van der Waals surface area (Å²) in [5.74, 6) is -0.00765. The summed E-state index contributed by atoms with van der Waals surface area (Å²) in [5, 5.41) is 1.50. The van der Waals surface area contributed by atoms with Crippen molar-refractivity contribution in [2.75, 3.05) is 33.2 Å². The van der Waals surface area contributed by atoms with Gasteiger partial charge in [-0.05, 0) is 81.2 Å². The number of fused-ring (bicyclic) bond motifs is 1. The van der Waals surface area contributed by atoms with Crippen LogP contribution in [0.4, 0.5) is 4.39 Å². The highest BCUT2D eigenvalue weighted by Gasteiger charge is 2.27. The molecule has 1 aliphatic rings. The van der Waals surface area contributed by atoms with Crippen molar-refractivity contribution in [1.29, 1.82) is 0 Å². The number of carbonyl (C=O) groups is 1. The number of aromatic nitrogens is 1. The zero-order valence-electron chi connectivity index (χ0n) is 19.4. The van der Waals surface area contributed by atoms with E-state index in [1.165, 1.54) is 28.6 Å². The summed E-state index contributed by atoms with van der Waals surface area (Å²) in [5.41, 5.74) is 0.548. The van der Waals surface area contributed by atoms with E-state index in [9.17, 15) is 17.6 Å². The molecule has 0 spiro atoms. The molecule has 4 rings (SSSR count). The van der Waals surface area contributed by atoms with Gasteiger partial charge in [0.05, 0.1) is 4.90 Å². The van der Waals surface area contributed by atoms with Crippen LogP contribution in [0, 0.1) is 11.7 Å². The fourth-order valence-corrected chi connectivity index (χ4v) is 6.04. The smallest absolute Gasteiger partial charge is 0.243 e. The number of likely N-dealkylation sites (tertiary alicyclic amines) is 1. The number of carbonyl (C=O) groups excluding carboxylic acids is 1. The molecule has 1 fully saturated rings. The largest absolute Gasteiger partial charge is 0.303 e. The number of nitrogens with zero attached hydrogens (tertiary/aromatic N) is 3. The van der Waals surface area contributed by atoms with Crippen molar-refractivity contribution in [2.24, 2.45) is 5.92 Å². The summed E-state index contributed by atoms with van der Waals surface area (Å²) in [6.07, 6.45) is 6.33. The minimum atomic E-state index is -3.60. The highest BCUT2D eigenvalue weighted by Crippen LogP contribution is 2.26. The van der Waals surface area contributed by atoms with Crippen LogP contribution in [0.25, 0.3) is 10.8 Å². The molecule has 34 heavy (non-hydrogen) atoms. The fraction of sp³-hybridized carbons (Fsp3) is 0.385. The van der Waals surface area contributed by atoms with Crippen LogP contribution in [-0.2, 0) is 10.0 Å². The quantitative estimate of drug-likeness (QED) is 0.423. The summed E-state index contributed by atoms with van der Waals surface area (Å²) in [6.45, 7) is 3.10. The predicted molar refractivity (Wildman–Crippen MR) is 131 cm³/mol. The molecule has 1 aliphatic heterocycles. The normalized spacial score (nSPS) is 15.7. The number of halogens is 1. The molecular formula is C26H30FN3O3S. The average molecular weight is 484 g/mol. The van der Waals surface area contributed by atoms with E-state index < -0.39 is 10.0 Å². The van der Waals surface area contributed by atoms with Crippen LogP contribution in [0.3, 0.4) is 0 Å². The highest BCUT2D eigenvalue weighted by molar-refractivity contribution is 7.89. The Morgan fingerprint density at radius 3 is 2.59 bits per heavy atom. The summed E-state index contributed by atoms with van der Waals surface area (Å²) >= 11 is 0. The standard InChI is InChI=1S/C26H30FN3O3S/c1-29(34(32,33)26-6-2-4-22-18-28-14-11-24(22)26)19-20-12-16-30(17-13-20)15-3-5-25(31)21-7-9-23(27)10-8-21/h2,4,6-11,14,18,20H,3,5,12-13,15-17,19H2,1H3. The molecule has 0 amide bonds. The van der Waals surface area contributed by atoms with Gasteiger partial charge in [-0.25, -0.2) is 17.1 Å². The monoisotopic (exact) mass is 483 g/mol. The van der Waals surface area contributed by atoms with Gasteiger partial charge in [-0.15, -0.1) is 0 Å². The van der Waals surface area contributed by atoms with Gasteiger partial charge < -0.3 is 4.90 Å². The number of rotatable bonds is 9. The third-order valence-electron chi connectivity index (χ3n) is 6.60. The molecule has 0 saturated carbocycles. The lowest BCUT2D eigenvalue weighted by atomic mass is 9.96. The third-order valence-corrected chi connectivity index (χ3v) is 8.48. The van der Waals surface area contributed by atoms with Crippen molar-refractivity contribution in [1.82, 2.24) is 14.2 Å². The number of hydrogen-bond acceptors (Lipinski definition) is 5. The zero-order valence-corrected chi connectivity index (χ0v) is 20.2. The molecule has 0 atom stereocenters. The third kappa shape index (κ3) is 5.68. The van der Waals surface area contributed by atoms with Gasteiger partial charge in [0.2, 0.25) is 10.0 Å². The molecule has 1 aromatic heterocycles. The first-order valence-corrected chi connectivity index (χ1v) is 13.1. The van der Waals surface area contributed by atoms with Crippen molar-refractivity contribution >= 4 is 26.6 Å². The van der Waals surface area contributed by atoms with Gasteiger partial charge in [0.25, 0.3) is 0 Å². The van der Waals surface area contributed by atoms with Gasteiger partial charge in [0.15, 0.2) is 5.78 Å². The number of pyridine rings is 1. The Hall–Kier alpha value is -2.68. The predicted octanol–water partition coefficient (Wildman–Crippen LogP) is 4.37. The molecule has 8 heteroatoms. The Bertz CT molecular complexity index is 1230. The number of ketones is 1. The fourth-order valence-electron chi connectivity index (χ4n) is 4.58. The Morgan fingerprint density at radius 1 is 1.12 bits per heavy atom. The van der Waals surface area contributed by atoms with E-state index in [0.29, 0.717) is 34.7 Å². The molecule has 180 valence electrons. The second kappa shape index (κ2) is 10.7. The molecule has 2 heterocycles. The summed E-state index contributed by atoms with van der Waals surface area (Å²) in [7, 11) is -1.94. The zero-order chi connectivity index (χ0) is 24.1. The van der Waals surface area contributed by atoms with E-state index in [2.05, 4.69) is 9.88 Å². The molecule has 0 aliphatic carbocycles. The van der Waals surface area contributed by atoms with Crippen LogP contribution < -0.4 is 0 Å². The van der Waals surface area contributed by atoms with Crippen LogP contribution in [0.1, 0.15) is 36.0 Å². The molecule has 2 aromatic carbocycles.